The lowest BCUT2D eigenvalue weighted by Crippen LogP contribution is -2.29. The molecule has 23 heavy (non-hydrogen) atoms. The van der Waals surface area contributed by atoms with Gasteiger partial charge in [0.15, 0.2) is 0 Å². The van der Waals surface area contributed by atoms with Crippen molar-refractivity contribution < 1.29 is 22.7 Å². The second-order valence-electron chi connectivity index (χ2n) is 5.23. The summed E-state index contributed by atoms with van der Waals surface area (Å²) in [7, 11) is -1.94. The average molecular weight is 340 g/mol. The van der Waals surface area contributed by atoms with Gasteiger partial charge in [0.2, 0.25) is 15.9 Å². The van der Waals surface area contributed by atoms with Crippen molar-refractivity contribution in [2.75, 3.05) is 30.3 Å². The van der Waals surface area contributed by atoms with Gasteiger partial charge < -0.3 is 10.1 Å². The molecule has 8 heteroatoms. The van der Waals surface area contributed by atoms with E-state index in [1.807, 2.05) is 0 Å². The summed E-state index contributed by atoms with van der Waals surface area (Å²) in [5, 5.41) is 2.78. The minimum Gasteiger partial charge on any atom is -0.385 e. The molecule has 1 heterocycles. The molecule has 0 spiro atoms. The molecule has 1 N–H and O–H groups in total. The lowest BCUT2D eigenvalue weighted by atomic mass is 10.2. The van der Waals surface area contributed by atoms with Crippen molar-refractivity contribution in [2.24, 2.45) is 0 Å². The third-order valence-corrected chi connectivity index (χ3v) is 5.19. The summed E-state index contributed by atoms with van der Waals surface area (Å²) in [6.45, 7) is 1.20. The number of nitrogens with zero attached hydrogens (tertiary/aromatic N) is 1. The van der Waals surface area contributed by atoms with Gasteiger partial charge in [-0.25, -0.2) is 12.7 Å². The maximum atomic E-state index is 12.0. The van der Waals surface area contributed by atoms with Crippen LogP contribution in [0.25, 0.3) is 0 Å². The van der Waals surface area contributed by atoms with Crippen LogP contribution in [-0.2, 0) is 19.6 Å². The lowest BCUT2D eigenvalue weighted by Gasteiger charge is -2.15. The van der Waals surface area contributed by atoms with E-state index in [1.54, 1.807) is 7.11 Å². The molecule has 126 valence electrons. The summed E-state index contributed by atoms with van der Waals surface area (Å²) < 4.78 is 29.4. The molecule has 7 nitrogen and oxygen atoms in total. The SMILES string of the molecule is COCCCCNC(=O)c1ccc(N2C(=O)CCS2(=O)=O)cc1. The largest absolute Gasteiger partial charge is 0.385 e. The van der Waals surface area contributed by atoms with E-state index < -0.39 is 15.9 Å². The molecule has 1 aromatic carbocycles. The van der Waals surface area contributed by atoms with Crippen LogP contribution in [0.5, 0.6) is 0 Å². The van der Waals surface area contributed by atoms with E-state index in [1.165, 1.54) is 24.3 Å². The fourth-order valence-electron chi connectivity index (χ4n) is 2.29. The first-order chi connectivity index (χ1) is 11.0. The number of rotatable bonds is 7. The van der Waals surface area contributed by atoms with E-state index >= 15 is 0 Å². The fourth-order valence-corrected chi connectivity index (χ4v) is 3.75. The van der Waals surface area contributed by atoms with E-state index in [0.29, 0.717) is 18.7 Å². The summed E-state index contributed by atoms with van der Waals surface area (Å²) in [6, 6.07) is 5.98. The van der Waals surface area contributed by atoms with Crippen LogP contribution < -0.4 is 9.62 Å². The first-order valence-corrected chi connectivity index (χ1v) is 8.99. The Hall–Kier alpha value is -1.93. The van der Waals surface area contributed by atoms with Gasteiger partial charge in [-0.15, -0.1) is 0 Å². The van der Waals surface area contributed by atoms with E-state index in [0.717, 1.165) is 17.1 Å². The molecule has 1 aliphatic rings. The van der Waals surface area contributed by atoms with Gasteiger partial charge in [-0.3, -0.25) is 9.59 Å². The number of carbonyl (C=O) groups excluding carboxylic acids is 2. The topological polar surface area (TPSA) is 92.8 Å². The number of unbranched alkanes of at least 4 members (excludes halogenated alkanes) is 1. The first-order valence-electron chi connectivity index (χ1n) is 7.39. The van der Waals surface area contributed by atoms with Crippen LogP contribution in [-0.4, -0.2) is 46.2 Å². The zero-order valence-electron chi connectivity index (χ0n) is 12.9. The standard InChI is InChI=1S/C15H20N2O5S/c1-22-10-3-2-9-16-15(19)12-4-6-13(7-5-12)17-14(18)8-11-23(17,20)21/h4-7H,2-3,8-11H2,1H3,(H,16,19). The Balaban J connectivity index is 1.97. The monoisotopic (exact) mass is 340 g/mol. The minimum absolute atomic E-state index is 0.00789. The quantitative estimate of drug-likeness (QED) is 0.745. The fraction of sp³-hybridized carbons (Fsp3) is 0.467. The minimum atomic E-state index is -3.57. The van der Waals surface area contributed by atoms with Crippen molar-refractivity contribution in [2.45, 2.75) is 19.3 Å². The number of amides is 2. The Labute approximate surface area is 135 Å². The van der Waals surface area contributed by atoms with Gasteiger partial charge in [0.25, 0.3) is 5.91 Å². The second-order valence-corrected chi connectivity index (χ2v) is 7.16. The van der Waals surface area contributed by atoms with Crippen molar-refractivity contribution in [1.82, 2.24) is 5.32 Å². The molecular weight excluding hydrogens is 320 g/mol. The van der Waals surface area contributed by atoms with Gasteiger partial charge in [-0.1, -0.05) is 0 Å². The molecule has 0 radical (unpaired) electrons. The summed E-state index contributed by atoms with van der Waals surface area (Å²) in [6.07, 6.45) is 1.68. The Morgan fingerprint density at radius 3 is 2.52 bits per heavy atom. The number of ether oxygens (including phenoxy) is 1. The maximum Gasteiger partial charge on any atom is 0.251 e. The molecule has 1 aliphatic heterocycles. The molecule has 1 aromatic rings. The first kappa shape index (κ1) is 17.4. The van der Waals surface area contributed by atoms with Gasteiger partial charge >= 0.3 is 0 Å². The Morgan fingerprint density at radius 2 is 1.96 bits per heavy atom. The van der Waals surface area contributed by atoms with Crippen LogP contribution in [0.4, 0.5) is 5.69 Å². The van der Waals surface area contributed by atoms with Crippen LogP contribution in [0.2, 0.25) is 0 Å². The second kappa shape index (κ2) is 7.56. The molecule has 0 bridgehead atoms. The van der Waals surface area contributed by atoms with Crippen molar-refractivity contribution >= 4 is 27.5 Å². The predicted octanol–water partition coefficient (Wildman–Crippen LogP) is 0.910. The summed E-state index contributed by atoms with van der Waals surface area (Å²) in [5.41, 5.74) is 0.689. The van der Waals surface area contributed by atoms with E-state index in [-0.39, 0.29) is 23.8 Å². The normalized spacial score (nSPS) is 16.6. The Morgan fingerprint density at radius 1 is 1.26 bits per heavy atom. The molecule has 2 rings (SSSR count). The zero-order valence-corrected chi connectivity index (χ0v) is 13.8. The molecule has 0 saturated carbocycles. The van der Waals surface area contributed by atoms with Gasteiger partial charge in [0, 0.05) is 32.2 Å². The highest BCUT2D eigenvalue weighted by atomic mass is 32.2. The van der Waals surface area contributed by atoms with Crippen molar-refractivity contribution in [3.63, 3.8) is 0 Å². The van der Waals surface area contributed by atoms with Crippen LogP contribution in [0.3, 0.4) is 0 Å². The molecule has 0 aromatic heterocycles. The lowest BCUT2D eigenvalue weighted by molar-refractivity contribution is -0.116. The molecule has 1 saturated heterocycles. The molecule has 2 amide bonds. The average Bonchev–Trinajstić information content (AvgIpc) is 2.80. The number of methoxy groups -OCH3 is 1. The Kier molecular flexibility index (Phi) is 5.73. The van der Waals surface area contributed by atoms with Crippen molar-refractivity contribution in [1.29, 1.82) is 0 Å². The molecule has 0 atom stereocenters. The van der Waals surface area contributed by atoms with Crippen LogP contribution in [0.1, 0.15) is 29.6 Å². The summed E-state index contributed by atoms with van der Waals surface area (Å²) in [5.74, 6) is -0.847. The highest BCUT2D eigenvalue weighted by molar-refractivity contribution is 7.94. The van der Waals surface area contributed by atoms with E-state index in [2.05, 4.69) is 5.32 Å². The summed E-state index contributed by atoms with van der Waals surface area (Å²) >= 11 is 0. The van der Waals surface area contributed by atoms with Crippen LogP contribution >= 0.6 is 0 Å². The number of hydrogen-bond acceptors (Lipinski definition) is 5. The molecule has 1 fully saturated rings. The highest BCUT2D eigenvalue weighted by Crippen LogP contribution is 2.25. The van der Waals surface area contributed by atoms with Crippen molar-refractivity contribution in [3.05, 3.63) is 29.8 Å². The molecular formula is C15H20N2O5S. The van der Waals surface area contributed by atoms with E-state index in [4.69, 9.17) is 4.74 Å². The molecule has 0 unspecified atom stereocenters. The van der Waals surface area contributed by atoms with E-state index in [9.17, 15) is 18.0 Å². The number of hydrogen-bond donors (Lipinski definition) is 1. The predicted molar refractivity (Wildman–Crippen MR) is 85.8 cm³/mol. The van der Waals surface area contributed by atoms with Crippen molar-refractivity contribution in [3.8, 4) is 0 Å². The number of anilines is 1. The van der Waals surface area contributed by atoms with Gasteiger partial charge in [0.05, 0.1) is 11.4 Å². The third kappa shape index (κ3) is 4.29. The van der Waals surface area contributed by atoms with Gasteiger partial charge in [0.1, 0.15) is 0 Å². The number of carbonyl (C=O) groups is 2. The number of nitrogens with one attached hydrogen (secondary N) is 1. The van der Waals surface area contributed by atoms with Crippen LogP contribution in [0.15, 0.2) is 24.3 Å². The maximum absolute atomic E-state index is 12.0. The van der Waals surface area contributed by atoms with Gasteiger partial charge in [-0.05, 0) is 37.1 Å². The van der Waals surface area contributed by atoms with Crippen LogP contribution in [0, 0.1) is 0 Å². The highest BCUT2D eigenvalue weighted by Gasteiger charge is 2.36. The number of sulfonamides is 1. The number of benzene rings is 1. The van der Waals surface area contributed by atoms with Gasteiger partial charge in [-0.2, -0.15) is 0 Å². The zero-order chi connectivity index (χ0) is 16.9. The Bertz CT molecular complexity index is 670. The third-order valence-electron chi connectivity index (χ3n) is 3.50. The smallest absolute Gasteiger partial charge is 0.251 e. The molecule has 0 aliphatic carbocycles. The summed E-state index contributed by atoms with van der Waals surface area (Å²) in [4.78, 5) is 23.7.